The highest BCUT2D eigenvalue weighted by molar-refractivity contribution is 5.99. The maximum Gasteiger partial charge on any atom is 0.251 e. The molecule has 24 heavy (non-hydrogen) atoms. The summed E-state index contributed by atoms with van der Waals surface area (Å²) in [5, 5.41) is 9.02. The molecular weight excluding hydrogens is 330 g/mol. The predicted molar refractivity (Wildman–Crippen MR) is 96.9 cm³/mol. The first-order chi connectivity index (χ1) is 11.1. The Balaban J connectivity index is 0.00000288. The Hall–Kier alpha value is -1.63. The van der Waals surface area contributed by atoms with Crippen molar-refractivity contribution in [2.75, 3.05) is 38.7 Å². The van der Waals surface area contributed by atoms with Crippen LogP contribution in [0.25, 0.3) is 0 Å². The number of hydrogen-bond donors (Lipinski definition) is 3. The van der Waals surface area contributed by atoms with Crippen molar-refractivity contribution >= 4 is 29.9 Å². The van der Waals surface area contributed by atoms with Gasteiger partial charge in [-0.15, -0.1) is 12.4 Å². The fourth-order valence-corrected chi connectivity index (χ4v) is 2.70. The molecule has 0 radical (unpaired) electrons. The van der Waals surface area contributed by atoms with E-state index in [0.29, 0.717) is 24.4 Å². The molecule has 6 nitrogen and oxygen atoms in total. The summed E-state index contributed by atoms with van der Waals surface area (Å²) in [7, 11) is 1.59. The van der Waals surface area contributed by atoms with Crippen LogP contribution in [0, 0.1) is 12.8 Å². The number of benzene rings is 1. The topological polar surface area (TPSA) is 79.5 Å². The van der Waals surface area contributed by atoms with Gasteiger partial charge in [-0.25, -0.2) is 0 Å². The number of nitrogens with one attached hydrogen (secondary N) is 3. The maximum atomic E-state index is 12.4. The molecule has 0 spiro atoms. The number of amides is 2. The van der Waals surface area contributed by atoms with Crippen molar-refractivity contribution in [3.8, 4) is 0 Å². The standard InChI is InChI=1S/C17H25N3O3.ClH/c1-12-14(17(22)19-10-11-23-2)4-3-5-15(12)20-16(21)13-6-8-18-9-7-13;/h3-5,13,18H,6-11H2,1-2H3,(H,19,22)(H,20,21);1H. The summed E-state index contributed by atoms with van der Waals surface area (Å²) in [6, 6.07) is 5.38. The van der Waals surface area contributed by atoms with Crippen LogP contribution >= 0.6 is 12.4 Å². The van der Waals surface area contributed by atoms with E-state index in [4.69, 9.17) is 4.74 Å². The molecule has 1 aliphatic heterocycles. The average molecular weight is 356 g/mol. The summed E-state index contributed by atoms with van der Waals surface area (Å²) in [6.07, 6.45) is 1.70. The van der Waals surface area contributed by atoms with Crippen LogP contribution < -0.4 is 16.0 Å². The number of methoxy groups -OCH3 is 1. The Morgan fingerprint density at radius 3 is 2.67 bits per heavy atom. The van der Waals surface area contributed by atoms with Crippen LogP contribution in [0.5, 0.6) is 0 Å². The summed E-state index contributed by atoms with van der Waals surface area (Å²) < 4.78 is 4.93. The van der Waals surface area contributed by atoms with Crippen LogP contribution in [-0.4, -0.2) is 45.2 Å². The molecule has 0 bridgehead atoms. The van der Waals surface area contributed by atoms with Crippen molar-refractivity contribution < 1.29 is 14.3 Å². The molecule has 1 saturated heterocycles. The molecular formula is C17H26ClN3O3. The largest absolute Gasteiger partial charge is 0.383 e. The van der Waals surface area contributed by atoms with Crippen molar-refractivity contribution in [2.24, 2.45) is 5.92 Å². The Morgan fingerprint density at radius 2 is 2.00 bits per heavy atom. The van der Waals surface area contributed by atoms with Gasteiger partial charge in [-0.3, -0.25) is 9.59 Å². The minimum absolute atomic E-state index is 0. The molecule has 2 amide bonds. The highest BCUT2D eigenvalue weighted by Crippen LogP contribution is 2.21. The molecule has 3 N–H and O–H groups in total. The second-order valence-electron chi connectivity index (χ2n) is 5.74. The summed E-state index contributed by atoms with van der Waals surface area (Å²) in [5.74, 6) is -0.0844. The van der Waals surface area contributed by atoms with Crippen LogP contribution in [0.2, 0.25) is 0 Å². The third kappa shape index (κ3) is 5.47. The van der Waals surface area contributed by atoms with Gasteiger partial charge in [0.1, 0.15) is 0 Å². The van der Waals surface area contributed by atoms with Gasteiger partial charge in [0, 0.05) is 30.8 Å². The van der Waals surface area contributed by atoms with E-state index in [0.717, 1.165) is 31.5 Å². The third-order valence-electron chi connectivity index (χ3n) is 4.14. The van der Waals surface area contributed by atoms with Crippen LogP contribution in [0.15, 0.2) is 18.2 Å². The highest BCUT2D eigenvalue weighted by atomic mass is 35.5. The summed E-state index contributed by atoms with van der Waals surface area (Å²) >= 11 is 0. The van der Waals surface area contributed by atoms with Crippen LogP contribution in [0.4, 0.5) is 5.69 Å². The molecule has 1 fully saturated rings. The lowest BCUT2D eigenvalue weighted by molar-refractivity contribution is -0.120. The fraction of sp³-hybridized carbons (Fsp3) is 0.529. The first kappa shape index (κ1) is 20.4. The summed E-state index contributed by atoms with van der Waals surface area (Å²) in [6.45, 7) is 4.53. The molecule has 7 heteroatoms. The van der Waals surface area contributed by atoms with E-state index in [-0.39, 0.29) is 30.1 Å². The minimum Gasteiger partial charge on any atom is -0.383 e. The van der Waals surface area contributed by atoms with Gasteiger partial charge in [0.15, 0.2) is 0 Å². The van der Waals surface area contributed by atoms with Gasteiger partial charge in [0.05, 0.1) is 6.61 Å². The quantitative estimate of drug-likeness (QED) is 0.679. The van der Waals surface area contributed by atoms with Gasteiger partial charge < -0.3 is 20.7 Å². The summed E-state index contributed by atoms with van der Waals surface area (Å²) in [4.78, 5) is 24.5. The molecule has 2 rings (SSSR count). The smallest absolute Gasteiger partial charge is 0.251 e. The van der Waals surface area contributed by atoms with E-state index in [1.165, 1.54) is 0 Å². The lowest BCUT2D eigenvalue weighted by Gasteiger charge is -2.22. The first-order valence-electron chi connectivity index (χ1n) is 8.02. The Bertz CT molecular complexity index is 560. The molecule has 134 valence electrons. The number of halogens is 1. The minimum atomic E-state index is -0.155. The molecule has 0 unspecified atom stereocenters. The van der Waals surface area contributed by atoms with Gasteiger partial charge in [0.25, 0.3) is 5.91 Å². The van der Waals surface area contributed by atoms with Gasteiger partial charge >= 0.3 is 0 Å². The van der Waals surface area contributed by atoms with Crippen molar-refractivity contribution in [1.82, 2.24) is 10.6 Å². The molecule has 0 saturated carbocycles. The highest BCUT2D eigenvalue weighted by Gasteiger charge is 2.22. The normalized spacial score (nSPS) is 14.6. The molecule has 0 aliphatic carbocycles. The lowest BCUT2D eigenvalue weighted by Crippen LogP contribution is -2.34. The zero-order valence-corrected chi connectivity index (χ0v) is 15.0. The third-order valence-corrected chi connectivity index (χ3v) is 4.14. The maximum absolute atomic E-state index is 12.4. The molecule has 1 aliphatic rings. The Labute approximate surface area is 149 Å². The van der Waals surface area contributed by atoms with Crippen LogP contribution in [0.1, 0.15) is 28.8 Å². The number of ether oxygens (including phenoxy) is 1. The van der Waals surface area contributed by atoms with Crippen molar-refractivity contribution in [2.45, 2.75) is 19.8 Å². The number of piperidine rings is 1. The van der Waals surface area contributed by atoms with Gasteiger partial charge in [-0.05, 0) is 50.6 Å². The monoisotopic (exact) mass is 355 g/mol. The molecule has 1 heterocycles. The van der Waals surface area contributed by atoms with Gasteiger partial charge in [0.2, 0.25) is 5.91 Å². The molecule has 0 atom stereocenters. The van der Waals surface area contributed by atoms with Crippen LogP contribution in [0.3, 0.4) is 0 Å². The van der Waals surface area contributed by atoms with Crippen molar-refractivity contribution in [3.05, 3.63) is 29.3 Å². The van der Waals surface area contributed by atoms with Crippen molar-refractivity contribution in [1.29, 1.82) is 0 Å². The van der Waals surface area contributed by atoms with E-state index in [1.807, 2.05) is 13.0 Å². The average Bonchev–Trinajstić information content (AvgIpc) is 2.57. The number of rotatable bonds is 6. The molecule has 1 aromatic carbocycles. The molecule has 1 aromatic rings. The second-order valence-corrected chi connectivity index (χ2v) is 5.74. The van der Waals surface area contributed by atoms with E-state index < -0.39 is 0 Å². The van der Waals surface area contributed by atoms with E-state index in [1.54, 1.807) is 19.2 Å². The van der Waals surface area contributed by atoms with Crippen LogP contribution in [-0.2, 0) is 9.53 Å². The Morgan fingerprint density at radius 1 is 1.29 bits per heavy atom. The van der Waals surface area contributed by atoms with E-state index in [2.05, 4.69) is 16.0 Å². The van der Waals surface area contributed by atoms with Gasteiger partial charge in [-0.2, -0.15) is 0 Å². The fourth-order valence-electron chi connectivity index (χ4n) is 2.70. The number of carbonyl (C=O) groups is 2. The number of anilines is 1. The lowest BCUT2D eigenvalue weighted by atomic mass is 9.96. The van der Waals surface area contributed by atoms with E-state index in [9.17, 15) is 9.59 Å². The van der Waals surface area contributed by atoms with E-state index >= 15 is 0 Å². The predicted octanol–water partition coefficient (Wildman–Crippen LogP) is 1.73. The summed E-state index contributed by atoms with van der Waals surface area (Å²) in [5.41, 5.74) is 2.06. The zero-order chi connectivity index (χ0) is 16.7. The SMILES string of the molecule is COCCNC(=O)c1cccc(NC(=O)C2CCNCC2)c1C.Cl. The number of carbonyl (C=O) groups excluding carboxylic acids is 2. The second kappa shape index (κ2) is 10.3. The number of hydrogen-bond acceptors (Lipinski definition) is 4. The van der Waals surface area contributed by atoms with Crippen molar-refractivity contribution in [3.63, 3.8) is 0 Å². The van der Waals surface area contributed by atoms with Gasteiger partial charge in [-0.1, -0.05) is 6.07 Å². The Kier molecular flexibility index (Phi) is 8.74. The first-order valence-corrected chi connectivity index (χ1v) is 8.02. The molecule has 0 aromatic heterocycles. The zero-order valence-electron chi connectivity index (χ0n) is 14.2.